The maximum absolute atomic E-state index is 12.7. The maximum atomic E-state index is 12.7. The standard InChI is InChI=1S/C18H14N2O4/c21-16-10-12-4-1-2-7-15(12)17(22)20(16)14-6-3-5-13(11-14)19-8-9-24-18(19)23/h1-7,11H,8-10H2. The number of cyclic esters (lactones) is 1. The normalized spacial score (nSPS) is 17.1. The summed E-state index contributed by atoms with van der Waals surface area (Å²) in [7, 11) is 0. The van der Waals surface area contributed by atoms with E-state index in [-0.39, 0.29) is 18.2 Å². The lowest BCUT2D eigenvalue weighted by atomic mass is 9.98. The first-order valence-electron chi connectivity index (χ1n) is 7.65. The number of carbonyl (C=O) groups excluding carboxylic acids is 3. The molecule has 2 aliphatic rings. The Kier molecular flexibility index (Phi) is 3.30. The maximum Gasteiger partial charge on any atom is 0.414 e. The van der Waals surface area contributed by atoms with Gasteiger partial charge in [-0.05, 0) is 29.8 Å². The average Bonchev–Trinajstić information content (AvgIpc) is 3.01. The van der Waals surface area contributed by atoms with Gasteiger partial charge in [-0.25, -0.2) is 9.69 Å². The van der Waals surface area contributed by atoms with Crippen LogP contribution >= 0.6 is 0 Å². The molecule has 0 saturated carbocycles. The molecule has 24 heavy (non-hydrogen) atoms. The monoisotopic (exact) mass is 322 g/mol. The molecular formula is C18H14N2O4. The van der Waals surface area contributed by atoms with E-state index in [9.17, 15) is 14.4 Å². The van der Waals surface area contributed by atoms with E-state index in [4.69, 9.17) is 4.74 Å². The molecule has 6 heteroatoms. The fourth-order valence-electron chi connectivity index (χ4n) is 3.05. The Hall–Kier alpha value is -3.15. The van der Waals surface area contributed by atoms with Crippen LogP contribution in [0.25, 0.3) is 0 Å². The first kappa shape index (κ1) is 14.4. The Balaban J connectivity index is 1.73. The smallest absolute Gasteiger partial charge is 0.414 e. The molecule has 2 aromatic rings. The van der Waals surface area contributed by atoms with E-state index in [2.05, 4.69) is 0 Å². The van der Waals surface area contributed by atoms with Gasteiger partial charge in [0.15, 0.2) is 0 Å². The average molecular weight is 322 g/mol. The van der Waals surface area contributed by atoms with E-state index in [0.717, 1.165) is 5.56 Å². The Labute approximate surface area is 138 Å². The zero-order valence-corrected chi connectivity index (χ0v) is 12.8. The fraction of sp³-hybridized carbons (Fsp3) is 0.167. The number of carbonyl (C=O) groups is 3. The third-order valence-electron chi connectivity index (χ3n) is 4.20. The van der Waals surface area contributed by atoms with E-state index in [1.165, 1.54) is 9.80 Å². The minimum absolute atomic E-state index is 0.178. The second kappa shape index (κ2) is 5.49. The summed E-state index contributed by atoms with van der Waals surface area (Å²) >= 11 is 0. The van der Waals surface area contributed by atoms with Gasteiger partial charge < -0.3 is 4.74 Å². The van der Waals surface area contributed by atoms with Gasteiger partial charge in [-0.1, -0.05) is 24.3 Å². The number of nitrogens with zero attached hydrogens (tertiary/aromatic N) is 2. The lowest BCUT2D eigenvalue weighted by Gasteiger charge is -2.27. The van der Waals surface area contributed by atoms with Crippen molar-refractivity contribution in [3.8, 4) is 0 Å². The minimum atomic E-state index is -0.422. The summed E-state index contributed by atoms with van der Waals surface area (Å²) in [5.74, 6) is -0.622. The molecule has 2 aliphatic heterocycles. The van der Waals surface area contributed by atoms with Gasteiger partial charge >= 0.3 is 6.09 Å². The molecule has 6 nitrogen and oxygen atoms in total. The van der Waals surface area contributed by atoms with Crippen LogP contribution in [0.1, 0.15) is 15.9 Å². The van der Waals surface area contributed by atoms with Crippen molar-refractivity contribution in [1.82, 2.24) is 0 Å². The van der Waals surface area contributed by atoms with Gasteiger partial charge in [0.1, 0.15) is 6.61 Å². The summed E-state index contributed by atoms with van der Waals surface area (Å²) < 4.78 is 4.93. The minimum Gasteiger partial charge on any atom is -0.447 e. The van der Waals surface area contributed by atoms with E-state index >= 15 is 0 Å². The molecule has 0 N–H and O–H groups in total. The number of hydrogen-bond acceptors (Lipinski definition) is 4. The Bertz CT molecular complexity index is 862. The molecule has 2 aromatic carbocycles. The topological polar surface area (TPSA) is 66.9 Å². The Morgan fingerprint density at radius 1 is 0.917 bits per heavy atom. The summed E-state index contributed by atoms with van der Waals surface area (Å²) in [6, 6.07) is 13.9. The van der Waals surface area contributed by atoms with Gasteiger partial charge in [0.05, 0.1) is 18.7 Å². The molecule has 0 aromatic heterocycles. The van der Waals surface area contributed by atoms with Crippen molar-refractivity contribution in [1.29, 1.82) is 0 Å². The number of rotatable bonds is 2. The van der Waals surface area contributed by atoms with Gasteiger partial charge in [0.25, 0.3) is 5.91 Å². The Morgan fingerprint density at radius 2 is 1.71 bits per heavy atom. The van der Waals surface area contributed by atoms with Crippen molar-refractivity contribution in [2.75, 3.05) is 23.0 Å². The molecule has 120 valence electrons. The van der Waals surface area contributed by atoms with Crippen LogP contribution in [0.15, 0.2) is 48.5 Å². The lowest BCUT2D eigenvalue weighted by Crippen LogP contribution is -2.42. The number of benzene rings is 2. The molecule has 0 aliphatic carbocycles. The second-order valence-corrected chi connectivity index (χ2v) is 5.65. The van der Waals surface area contributed by atoms with Gasteiger partial charge in [-0.2, -0.15) is 0 Å². The highest BCUT2D eigenvalue weighted by molar-refractivity contribution is 6.24. The van der Waals surface area contributed by atoms with Crippen LogP contribution in [0.4, 0.5) is 16.2 Å². The van der Waals surface area contributed by atoms with Crippen molar-refractivity contribution >= 4 is 29.3 Å². The van der Waals surface area contributed by atoms with Crippen LogP contribution < -0.4 is 9.80 Å². The van der Waals surface area contributed by atoms with Crippen LogP contribution in [0, 0.1) is 0 Å². The SMILES string of the molecule is O=C1OCCN1c1cccc(N2C(=O)Cc3ccccc3C2=O)c1. The van der Waals surface area contributed by atoms with E-state index in [0.29, 0.717) is 30.1 Å². The number of hydrogen-bond donors (Lipinski definition) is 0. The molecule has 0 unspecified atom stereocenters. The molecule has 0 spiro atoms. The summed E-state index contributed by atoms with van der Waals surface area (Å²) in [5.41, 5.74) is 2.33. The van der Waals surface area contributed by atoms with E-state index in [1.54, 1.807) is 42.5 Å². The highest BCUT2D eigenvalue weighted by Crippen LogP contribution is 2.29. The van der Waals surface area contributed by atoms with Crippen molar-refractivity contribution in [2.45, 2.75) is 6.42 Å². The molecule has 0 atom stereocenters. The van der Waals surface area contributed by atoms with Crippen LogP contribution in [-0.4, -0.2) is 31.1 Å². The first-order chi connectivity index (χ1) is 11.6. The quantitative estimate of drug-likeness (QED) is 0.796. The second-order valence-electron chi connectivity index (χ2n) is 5.65. The first-order valence-corrected chi connectivity index (χ1v) is 7.65. The third-order valence-corrected chi connectivity index (χ3v) is 4.20. The number of amides is 3. The highest BCUT2D eigenvalue weighted by atomic mass is 16.6. The predicted octanol–water partition coefficient (Wildman–Crippen LogP) is 2.37. The highest BCUT2D eigenvalue weighted by Gasteiger charge is 2.32. The number of ether oxygens (including phenoxy) is 1. The van der Waals surface area contributed by atoms with Crippen LogP contribution in [0.2, 0.25) is 0 Å². The molecule has 1 fully saturated rings. The molecular weight excluding hydrogens is 308 g/mol. The van der Waals surface area contributed by atoms with Gasteiger partial charge in [0, 0.05) is 11.3 Å². The Morgan fingerprint density at radius 3 is 2.50 bits per heavy atom. The predicted molar refractivity (Wildman–Crippen MR) is 87.1 cm³/mol. The summed E-state index contributed by atoms with van der Waals surface area (Å²) in [5, 5.41) is 0. The zero-order chi connectivity index (χ0) is 16.7. The molecule has 1 saturated heterocycles. The summed E-state index contributed by atoms with van der Waals surface area (Å²) in [6.45, 7) is 0.783. The van der Waals surface area contributed by atoms with Crippen LogP contribution in [0.3, 0.4) is 0 Å². The van der Waals surface area contributed by atoms with Crippen LogP contribution in [0.5, 0.6) is 0 Å². The molecule has 2 heterocycles. The van der Waals surface area contributed by atoms with E-state index < -0.39 is 6.09 Å². The molecule has 0 radical (unpaired) electrons. The van der Waals surface area contributed by atoms with Gasteiger partial charge in [0.2, 0.25) is 5.91 Å². The van der Waals surface area contributed by atoms with E-state index in [1.807, 2.05) is 6.07 Å². The molecule has 4 rings (SSSR count). The number of imide groups is 1. The summed E-state index contributed by atoms with van der Waals surface area (Å²) in [6.07, 6.45) is -0.244. The molecule has 3 amide bonds. The van der Waals surface area contributed by atoms with Gasteiger partial charge in [-0.3, -0.25) is 14.5 Å². The zero-order valence-electron chi connectivity index (χ0n) is 12.8. The summed E-state index contributed by atoms with van der Waals surface area (Å²) in [4.78, 5) is 39.6. The van der Waals surface area contributed by atoms with Crippen LogP contribution in [-0.2, 0) is 16.0 Å². The number of fused-ring (bicyclic) bond motifs is 1. The van der Waals surface area contributed by atoms with Crippen molar-refractivity contribution < 1.29 is 19.1 Å². The number of anilines is 2. The van der Waals surface area contributed by atoms with Crippen molar-refractivity contribution in [3.05, 3.63) is 59.7 Å². The lowest BCUT2D eigenvalue weighted by molar-refractivity contribution is -0.117. The van der Waals surface area contributed by atoms with Gasteiger partial charge in [-0.15, -0.1) is 0 Å². The third kappa shape index (κ3) is 2.23. The van der Waals surface area contributed by atoms with Crippen molar-refractivity contribution in [2.24, 2.45) is 0 Å². The van der Waals surface area contributed by atoms with Crippen molar-refractivity contribution in [3.63, 3.8) is 0 Å². The fourth-order valence-corrected chi connectivity index (χ4v) is 3.05. The molecule has 0 bridgehead atoms. The largest absolute Gasteiger partial charge is 0.447 e.